The van der Waals surface area contributed by atoms with E-state index < -0.39 is 16.9 Å². The number of hydrogen-bond donors (Lipinski definition) is 2. The van der Waals surface area contributed by atoms with Crippen LogP contribution in [0.3, 0.4) is 0 Å². The maximum absolute atomic E-state index is 11.6. The highest BCUT2D eigenvalue weighted by Crippen LogP contribution is 2.39. The Balaban J connectivity index is 1.84. The van der Waals surface area contributed by atoms with Crippen molar-refractivity contribution in [3.8, 4) is 17.0 Å². The van der Waals surface area contributed by atoms with Crippen LogP contribution in [-0.2, 0) is 11.2 Å². The van der Waals surface area contributed by atoms with Crippen molar-refractivity contribution < 1.29 is 19.9 Å². The van der Waals surface area contributed by atoms with Crippen LogP contribution >= 0.6 is 43.2 Å². The number of thiazole rings is 1. The minimum Gasteiger partial charge on any atom is -0.506 e. The third-order valence-electron chi connectivity index (χ3n) is 3.97. The van der Waals surface area contributed by atoms with Crippen molar-refractivity contribution in [3.63, 3.8) is 0 Å². The Morgan fingerprint density at radius 2 is 2.03 bits per heavy atom. The van der Waals surface area contributed by atoms with Gasteiger partial charge in [-0.05, 0) is 28.1 Å². The molecule has 0 aliphatic carbocycles. The fourth-order valence-electron chi connectivity index (χ4n) is 2.56. The first-order valence-electron chi connectivity index (χ1n) is 8.26. The molecule has 12 heteroatoms. The molecular weight excluding hydrogens is 544 g/mol. The van der Waals surface area contributed by atoms with Gasteiger partial charge in [0.2, 0.25) is 5.13 Å². The molecule has 0 bridgehead atoms. The number of rotatable bonds is 7. The van der Waals surface area contributed by atoms with Crippen molar-refractivity contribution in [1.82, 2.24) is 4.98 Å². The standard InChI is InChI=1S/C18H12Br2N4O5S/c19-10-6-11(16(25)12(20)7-10)14-8-30-18(21-14)23-22-13(17(26)27)5-9-3-1-2-4-15(9)24(28)29/h1-4,6-8,13,25H,5H2,(H,26,27). The molecule has 154 valence electrons. The number of aromatic nitrogens is 1. The van der Waals surface area contributed by atoms with Crippen LogP contribution in [0.4, 0.5) is 10.8 Å². The number of aromatic hydroxyl groups is 1. The summed E-state index contributed by atoms with van der Waals surface area (Å²) in [4.78, 5) is 26.4. The van der Waals surface area contributed by atoms with E-state index in [0.717, 1.165) is 15.8 Å². The van der Waals surface area contributed by atoms with Gasteiger partial charge >= 0.3 is 5.97 Å². The van der Waals surface area contributed by atoms with Crippen molar-refractivity contribution in [2.45, 2.75) is 12.5 Å². The molecule has 0 amide bonds. The maximum atomic E-state index is 11.6. The number of phenolic OH excluding ortho intramolecular Hbond substituents is 1. The Morgan fingerprint density at radius 3 is 2.73 bits per heavy atom. The second kappa shape index (κ2) is 9.41. The number of nitro groups is 1. The molecule has 0 aliphatic heterocycles. The number of azo groups is 1. The average molecular weight is 556 g/mol. The van der Waals surface area contributed by atoms with Crippen molar-refractivity contribution in [2.75, 3.05) is 0 Å². The van der Waals surface area contributed by atoms with Gasteiger partial charge in [-0.25, -0.2) is 9.78 Å². The van der Waals surface area contributed by atoms with E-state index in [4.69, 9.17) is 0 Å². The van der Waals surface area contributed by atoms with E-state index in [0.29, 0.717) is 15.7 Å². The number of nitro benzene ring substituents is 1. The summed E-state index contributed by atoms with van der Waals surface area (Å²) in [6, 6.07) is 7.95. The van der Waals surface area contributed by atoms with Gasteiger partial charge < -0.3 is 10.2 Å². The number of carbonyl (C=O) groups is 1. The van der Waals surface area contributed by atoms with Gasteiger partial charge in [-0.3, -0.25) is 10.1 Å². The third kappa shape index (κ3) is 5.07. The van der Waals surface area contributed by atoms with Gasteiger partial charge in [-0.15, -0.1) is 16.5 Å². The summed E-state index contributed by atoms with van der Waals surface area (Å²) in [6.07, 6.45) is -0.187. The van der Waals surface area contributed by atoms with Crippen LogP contribution in [0.25, 0.3) is 11.3 Å². The molecule has 3 rings (SSSR count). The highest BCUT2D eigenvalue weighted by atomic mass is 79.9. The zero-order chi connectivity index (χ0) is 21.8. The topological polar surface area (TPSA) is 138 Å². The van der Waals surface area contributed by atoms with Crippen LogP contribution in [0.15, 0.2) is 61.0 Å². The molecule has 1 aromatic heterocycles. The molecule has 9 nitrogen and oxygen atoms in total. The monoisotopic (exact) mass is 554 g/mol. The lowest BCUT2D eigenvalue weighted by molar-refractivity contribution is -0.385. The molecule has 30 heavy (non-hydrogen) atoms. The Morgan fingerprint density at radius 1 is 1.30 bits per heavy atom. The molecule has 1 unspecified atom stereocenters. The summed E-state index contributed by atoms with van der Waals surface area (Å²) in [6.45, 7) is 0. The lowest BCUT2D eigenvalue weighted by Gasteiger charge is -2.06. The molecule has 1 atom stereocenters. The Labute approximate surface area is 190 Å². The van der Waals surface area contributed by atoms with Gasteiger partial charge in [-0.2, -0.15) is 5.11 Å². The van der Waals surface area contributed by atoms with Crippen molar-refractivity contribution in [2.24, 2.45) is 10.2 Å². The first-order valence-corrected chi connectivity index (χ1v) is 10.7. The lowest BCUT2D eigenvalue weighted by atomic mass is 10.0. The quantitative estimate of drug-likeness (QED) is 0.217. The number of halogens is 2. The first-order chi connectivity index (χ1) is 14.3. The van der Waals surface area contributed by atoms with E-state index >= 15 is 0 Å². The minimum absolute atomic E-state index is 0.00629. The molecule has 1 heterocycles. The summed E-state index contributed by atoms with van der Waals surface area (Å²) >= 11 is 7.72. The van der Waals surface area contributed by atoms with Gasteiger partial charge in [0, 0.05) is 33.5 Å². The van der Waals surface area contributed by atoms with E-state index in [1.807, 2.05) is 0 Å². The van der Waals surface area contributed by atoms with E-state index in [1.165, 1.54) is 18.2 Å². The summed E-state index contributed by atoms with van der Waals surface area (Å²) < 4.78 is 1.21. The van der Waals surface area contributed by atoms with Gasteiger partial charge in [0.15, 0.2) is 6.04 Å². The number of phenols is 1. The zero-order valence-corrected chi connectivity index (χ0v) is 18.9. The van der Waals surface area contributed by atoms with Crippen molar-refractivity contribution in [1.29, 1.82) is 0 Å². The summed E-state index contributed by atoms with van der Waals surface area (Å²) in [5.41, 5.74) is 0.978. The second-order valence-electron chi connectivity index (χ2n) is 5.96. The third-order valence-corrected chi connectivity index (χ3v) is 5.75. The largest absolute Gasteiger partial charge is 0.506 e. The first kappa shape index (κ1) is 22.0. The lowest BCUT2D eigenvalue weighted by Crippen LogP contribution is -2.20. The van der Waals surface area contributed by atoms with E-state index in [2.05, 4.69) is 47.1 Å². The summed E-state index contributed by atoms with van der Waals surface area (Å²) in [5, 5.41) is 40.4. The Hall–Kier alpha value is -2.70. The average Bonchev–Trinajstić information content (AvgIpc) is 3.16. The van der Waals surface area contributed by atoms with Crippen LogP contribution in [0.5, 0.6) is 5.75 Å². The number of carboxylic acid groups (broad SMARTS) is 1. The molecule has 2 N–H and O–H groups in total. The van der Waals surface area contributed by atoms with Gasteiger partial charge in [-0.1, -0.05) is 34.1 Å². The SMILES string of the molecule is O=C(O)C(Cc1ccccc1[N+](=O)[O-])N=Nc1nc(-c2cc(Br)cc(Br)c2O)cs1. The van der Waals surface area contributed by atoms with Gasteiger partial charge in [0.25, 0.3) is 5.69 Å². The van der Waals surface area contributed by atoms with Crippen LogP contribution in [0.1, 0.15) is 5.56 Å². The normalized spacial score (nSPS) is 12.2. The second-order valence-corrected chi connectivity index (χ2v) is 8.57. The number of aliphatic carboxylic acids is 1. The Kier molecular flexibility index (Phi) is 6.90. The molecule has 0 saturated heterocycles. The van der Waals surface area contributed by atoms with E-state index in [9.17, 15) is 25.1 Å². The number of para-hydroxylation sites is 1. The highest BCUT2D eigenvalue weighted by molar-refractivity contribution is 9.11. The molecular formula is C18H12Br2N4O5S. The van der Waals surface area contributed by atoms with Gasteiger partial charge in [0.05, 0.1) is 15.1 Å². The molecule has 0 aliphatic rings. The predicted molar refractivity (Wildman–Crippen MR) is 117 cm³/mol. The molecule has 0 saturated carbocycles. The maximum Gasteiger partial charge on any atom is 0.330 e. The van der Waals surface area contributed by atoms with Crippen molar-refractivity contribution in [3.05, 3.63) is 66.4 Å². The minimum atomic E-state index is -1.31. The van der Waals surface area contributed by atoms with Crippen LogP contribution < -0.4 is 0 Å². The summed E-state index contributed by atoms with van der Waals surface area (Å²) in [5.74, 6) is -1.26. The Bertz CT molecular complexity index is 1150. The molecule has 0 spiro atoms. The van der Waals surface area contributed by atoms with E-state index in [-0.39, 0.29) is 28.6 Å². The number of hydrogen-bond acceptors (Lipinski definition) is 8. The van der Waals surface area contributed by atoms with Crippen molar-refractivity contribution >= 4 is 60.0 Å². The molecule has 0 fully saturated rings. The molecule has 0 radical (unpaired) electrons. The van der Waals surface area contributed by atoms with Crippen LogP contribution in [0.2, 0.25) is 0 Å². The molecule has 3 aromatic rings. The smallest absolute Gasteiger partial charge is 0.330 e. The van der Waals surface area contributed by atoms with Crippen LogP contribution in [-0.4, -0.2) is 32.1 Å². The summed E-state index contributed by atoms with van der Waals surface area (Å²) in [7, 11) is 0. The number of nitrogens with zero attached hydrogens (tertiary/aromatic N) is 4. The number of carboxylic acids is 1. The van der Waals surface area contributed by atoms with E-state index in [1.54, 1.807) is 23.6 Å². The fourth-order valence-corrected chi connectivity index (χ4v) is 4.43. The fraction of sp³-hybridized carbons (Fsp3) is 0.111. The highest BCUT2D eigenvalue weighted by Gasteiger charge is 2.23. The number of benzene rings is 2. The predicted octanol–water partition coefficient (Wildman–Crippen LogP) is 5.73. The van der Waals surface area contributed by atoms with Crippen LogP contribution in [0, 0.1) is 10.1 Å². The zero-order valence-electron chi connectivity index (χ0n) is 14.9. The molecule has 2 aromatic carbocycles. The van der Waals surface area contributed by atoms with Gasteiger partial charge in [0.1, 0.15) is 5.75 Å².